The minimum atomic E-state index is 0.118. The molecular weight excluding hydrogens is 332 g/mol. The number of benzene rings is 2. The lowest BCUT2D eigenvalue weighted by atomic mass is 9.78. The summed E-state index contributed by atoms with van der Waals surface area (Å²) in [6, 6.07) is 17.6. The van der Waals surface area contributed by atoms with Gasteiger partial charge in [-0.3, -0.25) is 0 Å². The zero-order chi connectivity index (χ0) is 15.3. The molecule has 0 heterocycles. The van der Waals surface area contributed by atoms with Crippen LogP contribution in [0.2, 0.25) is 0 Å². The van der Waals surface area contributed by atoms with Crippen molar-refractivity contribution in [3.8, 4) is 0 Å². The fourth-order valence-corrected chi connectivity index (χ4v) is 4.16. The summed E-state index contributed by atoms with van der Waals surface area (Å²) in [6.45, 7) is 4.71. The van der Waals surface area contributed by atoms with Crippen molar-refractivity contribution in [2.45, 2.75) is 32.1 Å². The van der Waals surface area contributed by atoms with Crippen LogP contribution < -0.4 is 0 Å². The lowest BCUT2D eigenvalue weighted by molar-refractivity contribution is 0.652. The molecule has 0 nitrogen and oxygen atoms in total. The van der Waals surface area contributed by atoms with Gasteiger partial charge in [-0.15, -0.1) is 0 Å². The van der Waals surface area contributed by atoms with Gasteiger partial charge in [-0.05, 0) is 58.4 Å². The van der Waals surface area contributed by atoms with E-state index < -0.39 is 0 Å². The van der Waals surface area contributed by atoms with Gasteiger partial charge < -0.3 is 0 Å². The first-order valence-electron chi connectivity index (χ1n) is 7.87. The SMILES string of the molecule is CC1(C)C2=C(CCC(c3ccc(Br)cc3)=C2)c2ccccc21. The lowest BCUT2D eigenvalue weighted by Gasteiger charge is -2.25. The number of rotatable bonds is 1. The molecule has 0 spiro atoms. The van der Waals surface area contributed by atoms with Gasteiger partial charge in [-0.2, -0.15) is 0 Å². The van der Waals surface area contributed by atoms with Gasteiger partial charge in [0.2, 0.25) is 0 Å². The number of hydrogen-bond acceptors (Lipinski definition) is 0. The molecule has 2 aromatic rings. The molecule has 0 atom stereocenters. The van der Waals surface area contributed by atoms with E-state index >= 15 is 0 Å². The normalized spacial score (nSPS) is 18.8. The molecule has 0 bridgehead atoms. The Bertz CT molecular complexity index is 804. The summed E-state index contributed by atoms with van der Waals surface area (Å²) in [5.74, 6) is 0. The molecule has 0 amide bonds. The molecule has 2 aliphatic carbocycles. The van der Waals surface area contributed by atoms with Crippen molar-refractivity contribution < 1.29 is 0 Å². The second kappa shape index (κ2) is 4.96. The highest BCUT2D eigenvalue weighted by Crippen LogP contribution is 2.51. The average Bonchev–Trinajstić information content (AvgIpc) is 2.77. The van der Waals surface area contributed by atoms with Crippen LogP contribution in [-0.4, -0.2) is 0 Å². The van der Waals surface area contributed by atoms with E-state index in [0.29, 0.717) is 0 Å². The van der Waals surface area contributed by atoms with Crippen LogP contribution in [0, 0.1) is 0 Å². The average molecular weight is 351 g/mol. The third kappa shape index (κ3) is 2.03. The summed E-state index contributed by atoms with van der Waals surface area (Å²) in [6.07, 6.45) is 4.73. The molecule has 0 saturated carbocycles. The van der Waals surface area contributed by atoms with Crippen molar-refractivity contribution in [2.75, 3.05) is 0 Å². The Labute approximate surface area is 140 Å². The van der Waals surface area contributed by atoms with Crippen LogP contribution in [0.5, 0.6) is 0 Å². The van der Waals surface area contributed by atoms with Crippen LogP contribution in [0.3, 0.4) is 0 Å². The molecule has 0 fully saturated rings. The van der Waals surface area contributed by atoms with Crippen LogP contribution in [0.1, 0.15) is 43.4 Å². The monoisotopic (exact) mass is 350 g/mol. The van der Waals surface area contributed by atoms with Gasteiger partial charge in [0.25, 0.3) is 0 Å². The summed E-state index contributed by atoms with van der Waals surface area (Å²) < 4.78 is 1.14. The number of hydrogen-bond donors (Lipinski definition) is 0. The summed E-state index contributed by atoms with van der Waals surface area (Å²) in [5, 5.41) is 0. The van der Waals surface area contributed by atoms with Crippen molar-refractivity contribution >= 4 is 27.1 Å². The molecule has 1 heteroatoms. The second-order valence-electron chi connectivity index (χ2n) is 6.74. The Balaban J connectivity index is 1.83. The topological polar surface area (TPSA) is 0 Å². The van der Waals surface area contributed by atoms with E-state index in [4.69, 9.17) is 0 Å². The van der Waals surface area contributed by atoms with E-state index in [2.05, 4.69) is 84.4 Å². The van der Waals surface area contributed by atoms with E-state index in [1.807, 2.05) is 0 Å². The molecule has 0 unspecified atom stereocenters. The van der Waals surface area contributed by atoms with Crippen molar-refractivity contribution in [1.82, 2.24) is 0 Å². The summed E-state index contributed by atoms with van der Waals surface area (Å²) >= 11 is 3.52. The molecule has 0 aromatic heterocycles. The van der Waals surface area contributed by atoms with E-state index in [1.165, 1.54) is 27.8 Å². The minimum Gasteiger partial charge on any atom is -0.0619 e. The zero-order valence-corrected chi connectivity index (χ0v) is 14.6. The molecule has 4 rings (SSSR count). The maximum atomic E-state index is 3.52. The summed E-state index contributed by atoms with van der Waals surface area (Å²) in [4.78, 5) is 0. The molecule has 2 aliphatic rings. The quantitative estimate of drug-likeness (QED) is 0.560. The molecule has 0 saturated heterocycles. The summed E-state index contributed by atoms with van der Waals surface area (Å²) in [7, 11) is 0. The fourth-order valence-electron chi connectivity index (χ4n) is 3.89. The fraction of sp³-hybridized carbons (Fsp3) is 0.238. The Hall–Kier alpha value is -1.60. The third-order valence-electron chi connectivity index (χ3n) is 5.10. The number of fused-ring (bicyclic) bond motifs is 2. The van der Waals surface area contributed by atoms with Crippen LogP contribution in [0.15, 0.2) is 64.7 Å². The van der Waals surface area contributed by atoms with Crippen LogP contribution in [0.25, 0.3) is 11.1 Å². The smallest absolute Gasteiger partial charge is 0.0175 e. The predicted octanol–water partition coefficient (Wildman–Crippen LogP) is 6.37. The first-order chi connectivity index (χ1) is 10.6. The van der Waals surface area contributed by atoms with Gasteiger partial charge in [-0.1, -0.05) is 72.3 Å². The highest BCUT2D eigenvalue weighted by atomic mass is 79.9. The van der Waals surface area contributed by atoms with Crippen LogP contribution >= 0.6 is 15.9 Å². The molecule has 0 radical (unpaired) electrons. The van der Waals surface area contributed by atoms with Gasteiger partial charge in [0.15, 0.2) is 0 Å². The highest BCUT2D eigenvalue weighted by molar-refractivity contribution is 9.10. The van der Waals surface area contributed by atoms with Gasteiger partial charge in [0, 0.05) is 9.89 Å². The van der Waals surface area contributed by atoms with E-state index in [-0.39, 0.29) is 5.41 Å². The Morgan fingerprint density at radius 3 is 2.41 bits per heavy atom. The predicted molar refractivity (Wildman–Crippen MR) is 97.7 cm³/mol. The largest absolute Gasteiger partial charge is 0.0619 e. The molecule has 110 valence electrons. The van der Waals surface area contributed by atoms with E-state index in [9.17, 15) is 0 Å². The van der Waals surface area contributed by atoms with Gasteiger partial charge in [0.05, 0.1) is 0 Å². The maximum absolute atomic E-state index is 3.52. The molecular formula is C21H19Br. The van der Waals surface area contributed by atoms with Crippen molar-refractivity contribution in [3.05, 3.63) is 81.3 Å². The zero-order valence-electron chi connectivity index (χ0n) is 13.0. The molecule has 0 N–H and O–H groups in total. The minimum absolute atomic E-state index is 0.118. The Morgan fingerprint density at radius 2 is 1.64 bits per heavy atom. The highest BCUT2D eigenvalue weighted by Gasteiger charge is 2.37. The maximum Gasteiger partial charge on any atom is 0.0175 e. The van der Waals surface area contributed by atoms with E-state index in [1.54, 1.807) is 5.57 Å². The van der Waals surface area contributed by atoms with Crippen LogP contribution in [0.4, 0.5) is 0 Å². The molecule has 2 aromatic carbocycles. The number of halogens is 1. The third-order valence-corrected chi connectivity index (χ3v) is 5.63. The number of allylic oxidation sites excluding steroid dienone is 4. The Morgan fingerprint density at radius 1 is 0.909 bits per heavy atom. The first kappa shape index (κ1) is 14.0. The first-order valence-corrected chi connectivity index (χ1v) is 8.67. The van der Waals surface area contributed by atoms with Crippen molar-refractivity contribution in [2.24, 2.45) is 0 Å². The second-order valence-corrected chi connectivity index (χ2v) is 7.65. The standard InChI is InChI=1S/C21H19Br/c1-21(2)19-6-4-3-5-17(19)18-12-9-15(13-20(18)21)14-7-10-16(22)11-8-14/h3-8,10-11,13H,9,12H2,1-2H3. The van der Waals surface area contributed by atoms with Gasteiger partial charge in [0.1, 0.15) is 0 Å². The van der Waals surface area contributed by atoms with Crippen molar-refractivity contribution in [3.63, 3.8) is 0 Å². The van der Waals surface area contributed by atoms with Gasteiger partial charge >= 0.3 is 0 Å². The van der Waals surface area contributed by atoms with Crippen molar-refractivity contribution in [1.29, 1.82) is 0 Å². The van der Waals surface area contributed by atoms with Crippen LogP contribution in [-0.2, 0) is 5.41 Å². The molecule has 22 heavy (non-hydrogen) atoms. The Kier molecular flexibility index (Phi) is 3.16. The van der Waals surface area contributed by atoms with Gasteiger partial charge in [-0.25, -0.2) is 0 Å². The summed E-state index contributed by atoms with van der Waals surface area (Å²) in [5.41, 5.74) is 8.95. The van der Waals surface area contributed by atoms with E-state index in [0.717, 1.165) is 17.3 Å². The molecule has 0 aliphatic heterocycles. The lowest BCUT2D eigenvalue weighted by Crippen LogP contribution is -2.17.